The summed E-state index contributed by atoms with van der Waals surface area (Å²) in [4.78, 5) is 6.83. The smallest absolute Gasteiger partial charge is 0.130 e. The number of pyridine rings is 1. The van der Waals surface area contributed by atoms with Crippen molar-refractivity contribution in [1.29, 1.82) is 10.5 Å². The van der Waals surface area contributed by atoms with Crippen LogP contribution in [-0.2, 0) is 0 Å². The van der Waals surface area contributed by atoms with Gasteiger partial charge in [0.25, 0.3) is 0 Å². The Morgan fingerprint density at radius 1 is 1.25 bits per heavy atom. The minimum atomic E-state index is 0.476. The standard InChI is InChI=1S/C16H14N4/c17-8-3-9-20(13-6-7-13)16-10-12(11-18)14-4-1-2-5-15(14)19-16/h1-2,4-5,10,13H,3,6-7,9H2. The maximum atomic E-state index is 9.32. The van der Waals surface area contributed by atoms with Crippen LogP contribution in [0.15, 0.2) is 30.3 Å². The first-order valence-corrected chi connectivity index (χ1v) is 6.77. The molecule has 20 heavy (non-hydrogen) atoms. The molecular weight excluding hydrogens is 248 g/mol. The fraction of sp³-hybridized carbons (Fsp3) is 0.312. The lowest BCUT2D eigenvalue weighted by molar-refractivity contribution is 0.780. The van der Waals surface area contributed by atoms with E-state index in [-0.39, 0.29) is 0 Å². The number of aromatic nitrogens is 1. The van der Waals surface area contributed by atoms with Crippen molar-refractivity contribution < 1.29 is 0 Å². The molecule has 0 bridgehead atoms. The third-order valence-corrected chi connectivity index (χ3v) is 3.57. The van der Waals surface area contributed by atoms with Crippen LogP contribution < -0.4 is 4.90 Å². The van der Waals surface area contributed by atoms with Crippen molar-refractivity contribution in [2.24, 2.45) is 0 Å². The molecule has 0 amide bonds. The van der Waals surface area contributed by atoms with Gasteiger partial charge in [0.2, 0.25) is 0 Å². The highest BCUT2D eigenvalue weighted by molar-refractivity contribution is 5.86. The lowest BCUT2D eigenvalue weighted by Crippen LogP contribution is -2.27. The van der Waals surface area contributed by atoms with Gasteiger partial charge in [-0.1, -0.05) is 18.2 Å². The Labute approximate surface area is 117 Å². The number of anilines is 1. The van der Waals surface area contributed by atoms with E-state index in [1.807, 2.05) is 30.3 Å². The average Bonchev–Trinajstić information content (AvgIpc) is 3.31. The Hall–Kier alpha value is -2.59. The van der Waals surface area contributed by atoms with Crippen LogP contribution in [0.4, 0.5) is 5.82 Å². The lowest BCUT2D eigenvalue weighted by Gasteiger charge is -2.23. The third kappa shape index (κ3) is 2.29. The molecule has 0 atom stereocenters. The molecule has 1 fully saturated rings. The predicted molar refractivity (Wildman–Crippen MR) is 77.1 cm³/mol. The SMILES string of the molecule is N#CCCN(c1cc(C#N)c2ccccc2n1)C1CC1. The molecule has 0 unspecified atom stereocenters. The molecule has 0 radical (unpaired) electrons. The second kappa shape index (κ2) is 5.19. The van der Waals surface area contributed by atoms with Crippen LogP contribution >= 0.6 is 0 Å². The average molecular weight is 262 g/mol. The topological polar surface area (TPSA) is 63.7 Å². The molecule has 1 aliphatic rings. The van der Waals surface area contributed by atoms with Crippen molar-refractivity contribution in [2.45, 2.75) is 25.3 Å². The number of rotatable bonds is 4. The van der Waals surface area contributed by atoms with Crippen molar-refractivity contribution in [1.82, 2.24) is 4.98 Å². The fourth-order valence-electron chi connectivity index (χ4n) is 2.44. The first-order valence-electron chi connectivity index (χ1n) is 6.77. The van der Waals surface area contributed by atoms with Crippen LogP contribution in [0.3, 0.4) is 0 Å². The Morgan fingerprint density at radius 2 is 2.05 bits per heavy atom. The highest BCUT2D eigenvalue weighted by Gasteiger charge is 2.30. The first-order chi connectivity index (χ1) is 9.83. The lowest BCUT2D eigenvalue weighted by atomic mass is 10.1. The monoisotopic (exact) mass is 262 g/mol. The summed E-state index contributed by atoms with van der Waals surface area (Å²) in [6.07, 6.45) is 2.76. The number of nitriles is 2. The minimum Gasteiger partial charge on any atom is -0.353 e. The molecule has 0 aliphatic heterocycles. The first kappa shape index (κ1) is 12.4. The summed E-state index contributed by atoms with van der Waals surface area (Å²) >= 11 is 0. The predicted octanol–water partition coefficient (Wildman–Crippen LogP) is 2.99. The van der Waals surface area contributed by atoms with E-state index in [2.05, 4.69) is 22.0 Å². The van der Waals surface area contributed by atoms with E-state index in [4.69, 9.17) is 5.26 Å². The summed E-state index contributed by atoms with van der Waals surface area (Å²) in [6.45, 7) is 0.678. The Balaban J connectivity index is 2.06. The largest absolute Gasteiger partial charge is 0.353 e. The van der Waals surface area contributed by atoms with Crippen LogP contribution in [0.2, 0.25) is 0 Å². The van der Waals surface area contributed by atoms with Crippen molar-refractivity contribution in [2.75, 3.05) is 11.4 Å². The molecule has 1 aliphatic carbocycles. The van der Waals surface area contributed by atoms with E-state index < -0.39 is 0 Å². The molecule has 1 aromatic carbocycles. The number of nitrogens with zero attached hydrogens (tertiary/aromatic N) is 4. The molecule has 4 heteroatoms. The van der Waals surface area contributed by atoms with E-state index in [1.54, 1.807) is 0 Å². The maximum Gasteiger partial charge on any atom is 0.130 e. The molecular formula is C16H14N4. The van der Waals surface area contributed by atoms with Gasteiger partial charge < -0.3 is 4.90 Å². The van der Waals surface area contributed by atoms with Gasteiger partial charge in [0.15, 0.2) is 0 Å². The van der Waals surface area contributed by atoms with Gasteiger partial charge in [-0.05, 0) is 25.0 Å². The summed E-state index contributed by atoms with van der Waals surface area (Å²) in [7, 11) is 0. The number of para-hydroxylation sites is 1. The Bertz CT molecular complexity index is 719. The zero-order valence-electron chi connectivity index (χ0n) is 11.1. The fourth-order valence-corrected chi connectivity index (χ4v) is 2.44. The van der Waals surface area contributed by atoms with Gasteiger partial charge in [-0.3, -0.25) is 0 Å². The summed E-state index contributed by atoms with van der Waals surface area (Å²) in [6, 6.07) is 14.4. The zero-order chi connectivity index (χ0) is 13.9. The second-order valence-corrected chi connectivity index (χ2v) is 4.99. The van der Waals surface area contributed by atoms with Gasteiger partial charge in [-0.15, -0.1) is 0 Å². The van der Waals surface area contributed by atoms with Gasteiger partial charge in [-0.25, -0.2) is 4.98 Å². The number of hydrogen-bond donors (Lipinski definition) is 0. The summed E-state index contributed by atoms with van der Waals surface area (Å²) in [5.41, 5.74) is 1.48. The minimum absolute atomic E-state index is 0.476. The van der Waals surface area contributed by atoms with E-state index in [0.717, 1.165) is 29.6 Å². The molecule has 1 saturated carbocycles. The Kier molecular flexibility index (Phi) is 3.23. The Morgan fingerprint density at radius 3 is 2.75 bits per heavy atom. The molecule has 2 aromatic rings. The molecule has 1 aromatic heterocycles. The zero-order valence-corrected chi connectivity index (χ0v) is 11.1. The molecule has 98 valence electrons. The van der Waals surface area contributed by atoms with E-state index in [9.17, 15) is 5.26 Å². The third-order valence-electron chi connectivity index (χ3n) is 3.57. The highest BCUT2D eigenvalue weighted by atomic mass is 15.2. The van der Waals surface area contributed by atoms with E-state index in [1.165, 1.54) is 0 Å². The van der Waals surface area contributed by atoms with Crippen LogP contribution in [0.1, 0.15) is 24.8 Å². The maximum absolute atomic E-state index is 9.32. The number of benzene rings is 1. The van der Waals surface area contributed by atoms with Gasteiger partial charge in [0.1, 0.15) is 5.82 Å². The molecule has 0 spiro atoms. The number of hydrogen-bond acceptors (Lipinski definition) is 4. The molecule has 0 N–H and O–H groups in total. The molecule has 1 heterocycles. The van der Waals surface area contributed by atoms with Crippen LogP contribution in [-0.4, -0.2) is 17.6 Å². The van der Waals surface area contributed by atoms with E-state index in [0.29, 0.717) is 24.6 Å². The van der Waals surface area contributed by atoms with Gasteiger partial charge in [-0.2, -0.15) is 10.5 Å². The summed E-state index contributed by atoms with van der Waals surface area (Å²) in [5, 5.41) is 19.0. The van der Waals surface area contributed by atoms with Crippen molar-refractivity contribution in [3.63, 3.8) is 0 Å². The molecule has 4 nitrogen and oxygen atoms in total. The van der Waals surface area contributed by atoms with Crippen LogP contribution in [0.25, 0.3) is 10.9 Å². The quantitative estimate of drug-likeness (QED) is 0.849. The van der Waals surface area contributed by atoms with Crippen LogP contribution in [0, 0.1) is 22.7 Å². The van der Waals surface area contributed by atoms with Crippen molar-refractivity contribution in [3.05, 3.63) is 35.9 Å². The normalized spacial score (nSPS) is 13.7. The molecule has 3 rings (SSSR count). The summed E-state index contributed by atoms with van der Waals surface area (Å²) in [5.74, 6) is 0.818. The van der Waals surface area contributed by atoms with Gasteiger partial charge in [0, 0.05) is 18.0 Å². The van der Waals surface area contributed by atoms with Crippen molar-refractivity contribution >= 4 is 16.7 Å². The van der Waals surface area contributed by atoms with E-state index >= 15 is 0 Å². The number of fused-ring (bicyclic) bond motifs is 1. The second-order valence-electron chi connectivity index (χ2n) is 4.99. The van der Waals surface area contributed by atoms with Gasteiger partial charge in [0.05, 0.1) is 29.6 Å². The van der Waals surface area contributed by atoms with Crippen molar-refractivity contribution in [3.8, 4) is 12.1 Å². The highest BCUT2D eigenvalue weighted by Crippen LogP contribution is 2.32. The van der Waals surface area contributed by atoms with Gasteiger partial charge >= 0.3 is 0 Å². The molecule has 0 saturated heterocycles. The summed E-state index contributed by atoms with van der Waals surface area (Å²) < 4.78 is 0. The van der Waals surface area contributed by atoms with Crippen LogP contribution in [0.5, 0.6) is 0 Å².